The van der Waals surface area contributed by atoms with Crippen molar-refractivity contribution in [2.75, 3.05) is 11.1 Å². The number of carbonyl (C=O) groups excluding carboxylic acids is 1. The third kappa shape index (κ3) is 2.38. The molecule has 1 aromatic carbocycles. The number of hydrogen-bond donors (Lipinski definition) is 2. The Hall–Kier alpha value is -1.82. The van der Waals surface area contributed by atoms with Crippen LogP contribution in [-0.2, 0) is 7.05 Å². The Bertz CT molecular complexity index is 606. The van der Waals surface area contributed by atoms with Crippen molar-refractivity contribution in [2.24, 2.45) is 7.05 Å². The van der Waals surface area contributed by atoms with Crippen molar-refractivity contribution in [1.29, 1.82) is 0 Å². The maximum Gasteiger partial charge on any atom is 0.273 e. The van der Waals surface area contributed by atoms with Gasteiger partial charge >= 0.3 is 0 Å². The Balaban J connectivity index is 2.28. The van der Waals surface area contributed by atoms with Crippen LogP contribution in [0.5, 0.6) is 0 Å². The zero-order chi connectivity index (χ0) is 13.3. The first-order valence-corrected chi connectivity index (χ1v) is 6.13. The predicted molar refractivity (Wildman–Crippen MR) is 74.5 cm³/mol. The average Bonchev–Trinajstić information content (AvgIpc) is 2.72. The molecule has 3 N–H and O–H groups in total. The van der Waals surface area contributed by atoms with Gasteiger partial charge in [-0.05, 0) is 46.6 Å². The number of carbonyl (C=O) groups is 1. The summed E-state index contributed by atoms with van der Waals surface area (Å²) in [5, 5.41) is 6.75. The van der Waals surface area contributed by atoms with Gasteiger partial charge in [0.1, 0.15) is 5.69 Å². The van der Waals surface area contributed by atoms with Crippen LogP contribution < -0.4 is 11.1 Å². The first-order valence-electron chi connectivity index (χ1n) is 5.34. The summed E-state index contributed by atoms with van der Waals surface area (Å²) in [4.78, 5) is 12.0. The van der Waals surface area contributed by atoms with Crippen LogP contribution in [0.3, 0.4) is 0 Å². The highest BCUT2D eigenvalue weighted by atomic mass is 79.9. The summed E-state index contributed by atoms with van der Waals surface area (Å²) in [6.45, 7) is 1.91. The summed E-state index contributed by atoms with van der Waals surface area (Å²) in [5.41, 5.74) is 8.55. The first-order chi connectivity index (χ1) is 8.49. The van der Waals surface area contributed by atoms with Gasteiger partial charge in [0.05, 0.1) is 5.69 Å². The second-order valence-electron chi connectivity index (χ2n) is 3.98. The van der Waals surface area contributed by atoms with Crippen LogP contribution in [0.1, 0.15) is 16.1 Å². The van der Waals surface area contributed by atoms with Crippen molar-refractivity contribution in [2.45, 2.75) is 6.92 Å². The Morgan fingerprint density at radius 2 is 2.22 bits per heavy atom. The molecule has 0 aliphatic carbocycles. The zero-order valence-corrected chi connectivity index (χ0v) is 11.7. The van der Waals surface area contributed by atoms with Crippen molar-refractivity contribution in [3.63, 3.8) is 0 Å². The van der Waals surface area contributed by atoms with Crippen molar-refractivity contribution in [1.82, 2.24) is 9.78 Å². The number of hydrogen-bond acceptors (Lipinski definition) is 3. The fourth-order valence-electron chi connectivity index (χ4n) is 1.57. The molecule has 0 saturated carbocycles. The van der Waals surface area contributed by atoms with E-state index in [-0.39, 0.29) is 5.91 Å². The van der Waals surface area contributed by atoms with Crippen LogP contribution in [-0.4, -0.2) is 15.7 Å². The number of benzene rings is 1. The molecular formula is C12H13BrN4O. The first kappa shape index (κ1) is 12.6. The number of aromatic nitrogens is 2. The Kier molecular flexibility index (Phi) is 3.38. The third-order valence-electron chi connectivity index (χ3n) is 2.66. The topological polar surface area (TPSA) is 72.9 Å². The van der Waals surface area contributed by atoms with E-state index in [4.69, 9.17) is 5.73 Å². The van der Waals surface area contributed by atoms with Gasteiger partial charge < -0.3 is 11.1 Å². The van der Waals surface area contributed by atoms with E-state index < -0.39 is 0 Å². The summed E-state index contributed by atoms with van der Waals surface area (Å²) in [5.74, 6) is -0.223. The van der Waals surface area contributed by atoms with Crippen LogP contribution in [0, 0.1) is 6.92 Å². The summed E-state index contributed by atoms with van der Waals surface area (Å²) in [7, 11) is 1.72. The van der Waals surface area contributed by atoms with Gasteiger partial charge in [-0.25, -0.2) is 0 Å². The highest BCUT2D eigenvalue weighted by Gasteiger charge is 2.12. The SMILES string of the molecule is Cc1cc(Br)c(NC(=O)c2ccnn2C)cc1N. The number of nitrogen functional groups attached to an aromatic ring is 1. The molecule has 94 valence electrons. The average molecular weight is 309 g/mol. The van der Waals surface area contributed by atoms with Crippen molar-refractivity contribution >= 4 is 33.2 Å². The predicted octanol–water partition coefficient (Wildman–Crippen LogP) is 2.33. The van der Waals surface area contributed by atoms with Crippen LogP contribution >= 0.6 is 15.9 Å². The van der Waals surface area contributed by atoms with E-state index in [1.165, 1.54) is 4.68 Å². The minimum atomic E-state index is -0.223. The van der Waals surface area contributed by atoms with Crippen molar-refractivity contribution in [3.05, 3.63) is 40.1 Å². The van der Waals surface area contributed by atoms with E-state index in [1.807, 2.05) is 13.0 Å². The van der Waals surface area contributed by atoms with Crippen LogP contribution in [0.25, 0.3) is 0 Å². The van der Waals surface area contributed by atoms with E-state index in [0.29, 0.717) is 17.1 Å². The number of halogens is 1. The fourth-order valence-corrected chi connectivity index (χ4v) is 2.13. The molecule has 0 aliphatic rings. The van der Waals surface area contributed by atoms with Crippen LogP contribution in [0.2, 0.25) is 0 Å². The number of nitrogens with zero attached hydrogens (tertiary/aromatic N) is 2. The maximum atomic E-state index is 12.0. The molecular weight excluding hydrogens is 296 g/mol. The summed E-state index contributed by atoms with van der Waals surface area (Å²) in [6.07, 6.45) is 1.58. The van der Waals surface area contributed by atoms with Crippen LogP contribution in [0.15, 0.2) is 28.9 Å². The minimum Gasteiger partial charge on any atom is -0.398 e. The highest BCUT2D eigenvalue weighted by Crippen LogP contribution is 2.28. The molecule has 0 bridgehead atoms. The van der Waals surface area contributed by atoms with Gasteiger partial charge in [-0.3, -0.25) is 9.48 Å². The van der Waals surface area contributed by atoms with Crippen LogP contribution in [0.4, 0.5) is 11.4 Å². The van der Waals surface area contributed by atoms with Gasteiger partial charge in [-0.2, -0.15) is 5.10 Å². The lowest BCUT2D eigenvalue weighted by Gasteiger charge is -2.10. The molecule has 0 radical (unpaired) electrons. The molecule has 2 rings (SSSR count). The Morgan fingerprint density at radius 1 is 1.50 bits per heavy atom. The van der Waals surface area contributed by atoms with Gasteiger partial charge in [0.15, 0.2) is 0 Å². The molecule has 0 spiro atoms. The number of amides is 1. The van der Waals surface area contributed by atoms with Gasteiger partial charge in [0, 0.05) is 23.4 Å². The smallest absolute Gasteiger partial charge is 0.273 e. The molecule has 1 amide bonds. The molecule has 2 aromatic rings. The van der Waals surface area contributed by atoms with Gasteiger partial charge in [-0.1, -0.05) is 0 Å². The van der Waals surface area contributed by atoms with Gasteiger partial charge in [0.25, 0.3) is 5.91 Å². The molecule has 0 saturated heterocycles. The van der Waals surface area contributed by atoms with E-state index >= 15 is 0 Å². The van der Waals surface area contributed by atoms with Crippen molar-refractivity contribution < 1.29 is 4.79 Å². The second-order valence-corrected chi connectivity index (χ2v) is 4.84. The largest absolute Gasteiger partial charge is 0.398 e. The Labute approximate surface area is 113 Å². The quantitative estimate of drug-likeness (QED) is 0.836. The van der Waals surface area contributed by atoms with Gasteiger partial charge in [-0.15, -0.1) is 0 Å². The number of rotatable bonds is 2. The molecule has 1 aromatic heterocycles. The van der Waals surface area contributed by atoms with Crippen molar-refractivity contribution in [3.8, 4) is 0 Å². The normalized spacial score (nSPS) is 10.4. The molecule has 0 aliphatic heterocycles. The molecule has 0 unspecified atom stereocenters. The Morgan fingerprint density at radius 3 is 2.83 bits per heavy atom. The van der Waals surface area contributed by atoms with E-state index in [0.717, 1.165) is 10.0 Å². The monoisotopic (exact) mass is 308 g/mol. The minimum absolute atomic E-state index is 0.223. The van der Waals surface area contributed by atoms with Gasteiger partial charge in [0.2, 0.25) is 0 Å². The summed E-state index contributed by atoms with van der Waals surface area (Å²) >= 11 is 3.40. The summed E-state index contributed by atoms with van der Waals surface area (Å²) in [6, 6.07) is 5.25. The lowest BCUT2D eigenvalue weighted by molar-refractivity contribution is 0.101. The highest BCUT2D eigenvalue weighted by molar-refractivity contribution is 9.10. The molecule has 5 nitrogen and oxygen atoms in total. The second kappa shape index (κ2) is 4.81. The summed E-state index contributed by atoms with van der Waals surface area (Å²) < 4.78 is 2.31. The molecule has 0 atom stereocenters. The fraction of sp³-hybridized carbons (Fsp3) is 0.167. The lowest BCUT2D eigenvalue weighted by Crippen LogP contribution is -2.16. The van der Waals surface area contributed by atoms with E-state index in [9.17, 15) is 4.79 Å². The lowest BCUT2D eigenvalue weighted by atomic mass is 10.2. The molecule has 18 heavy (non-hydrogen) atoms. The van der Waals surface area contributed by atoms with E-state index in [1.54, 1.807) is 25.4 Å². The third-order valence-corrected chi connectivity index (χ3v) is 3.31. The number of nitrogens with one attached hydrogen (secondary N) is 1. The van der Waals surface area contributed by atoms with E-state index in [2.05, 4.69) is 26.3 Å². The molecule has 0 fully saturated rings. The standard InChI is InChI=1S/C12H13BrN4O/c1-7-5-8(13)10(6-9(7)14)16-12(18)11-3-4-15-17(11)2/h3-6H,14H2,1-2H3,(H,16,18). The maximum absolute atomic E-state index is 12.0. The number of nitrogens with two attached hydrogens (primary N) is 1. The molecule has 6 heteroatoms. The zero-order valence-electron chi connectivity index (χ0n) is 10.1. The molecule has 1 heterocycles. The number of aryl methyl sites for hydroxylation is 2. The number of anilines is 2.